The number of anilines is 1. The molecule has 1 fully saturated rings. The minimum Gasteiger partial charge on any atom is -0.373 e. The van der Waals surface area contributed by atoms with Gasteiger partial charge in [-0.15, -0.1) is 0 Å². The van der Waals surface area contributed by atoms with Crippen LogP contribution in [0.2, 0.25) is 0 Å². The van der Waals surface area contributed by atoms with Crippen molar-refractivity contribution >= 4 is 21.7 Å². The van der Waals surface area contributed by atoms with Crippen molar-refractivity contribution in [3.63, 3.8) is 0 Å². The van der Waals surface area contributed by atoms with Crippen molar-refractivity contribution in [1.82, 2.24) is 9.29 Å². The predicted molar refractivity (Wildman–Crippen MR) is 102 cm³/mol. The van der Waals surface area contributed by atoms with Crippen LogP contribution in [0.3, 0.4) is 0 Å². The van der Waals surface area contributed by atoms with E-state index in [1.54, 1.807) is 12.3 Å². The van der Waals surface area contributed by atoms with Gasteiger partial charge in [0.2, 0.25) is 10.0 Å². The van der Waals surface area contributed by atoms with Crippen LogP contribution in [0.15, 0.2) is 47.5 Å². The molecule has 0 radical (unpaired) electrons. The number of aryl methyl sites for hydroxylation is 1. The van der Waals surface area contributed by atoms with Gasteiger partial charge >= 0.3 is 0 Å². The van der Waals surface area contributed by atoms with Crippen LogP contribution >= 0.6 is 0 Å². The summed E-state index contributed by atoms with van der Waals surface area (Å²) in [5, 5.41) is 2.73. The molecule has 2 heterocycles. The zero-order chi connectivity index (χ0) is 19.6. The molecule has 1 aromatic heterocycles. The molecule has 1 aliphatic rings. The zero-order valence-electron chi connectivity index (χ0n) is 15.5. The van der Waals surface area contributed by atoms with Crippen LogP contribution in [0.1, 0.15) is 29.8 Å². The number of nitrogens with one attached hydrogen (secondary N) is 1. The van der Waals surface area contributed by atoms with Crippen molar-refractivity contribution in [2.24, 2.45) is 0 Å². The number of nitrogens with zero attached hydrogens (tertiary/aromatic N) is 2. The number of sulfonamides is 1. The van der Waals surface area contributed by atoms with Gasteiger partial charge in [0.1, 0.15) is 5.82 Å². The standard InChI is InChI=1S/C19H23N3O4S/c1-13-5-4-10-20-18(13)21-19(23)16-6-8-17(9-7-16)27(24,25)22-11-14(2)26-15(3)12-22/h4-10,14-15H,11-12H2,1-3H3,(H,20,21,23)/t14-,15-/m0/s1. The molecule has 2 atom stereocenters. The Kier molecular flexibility index (Phi) is 5.59. The van der Waals surface area contributed by atoms with Crippen LogP contribution in [-0.2, 0) is 14.8 Å². The third kappa shape index (κ3) is 4.35. The smallest absolute Gasteiger partial charge is 0.256 e. The first-order chi connectivity index (χ1) is 12.8. The molecular formula is C19H23N3O4S. The fourth-order valence-corrected chi connectivity index (χ4v) is 4.64. The fraction of sp³-hybridized carbons (Fsp3) is 0.368. The lowest BCUT2D eigenvalue weighted by Gasteiger charge is -2.34. The van der Waals surface area contributed by atoms with E-state index in [4.69, 9.17) is 4.74 Å². The summed E-state index contributed by atoms with van der Waals surface area (Å²) in [6.07, 6.45) is 1.29. The van der Waals surface area contributed by atoms with Crippen molar-refractivity contribution < 1.29 is 17.9 Å². The molecule has 1 N–H and O–H groups in total. The molecule has 0 unspecified atom stereocenters. The SMILES string of the molecule is Cc1cccnc1NC(=O)c1ccc(S(=O)(=O)N2C[C@H](C)O[C@@H](C)C2)cc1. The quantitative estimate of drug-likeness (QED) is 0.868. The molecule has 1 aliphatic heterocycles. The predicted octanol–water partition coefficient (Wildman–Crippen LogP) is 2.44. The number of aromatic nitrogens is 1. The van der Waals surface area contributed by atoms with Gasteiger partial charge in [0.25, 0.3) is 5.91 Å². The lowest BCUT2D eigenvalue weighted by Crippen LogP contribution is -2.48. The molecular weight excluding hydrogens is 366 g/mol. The molecule has 0 aliphatic carbocycles. The van der Waals surface area contributed by atoms with Crippen molar-refractivity contribution in [3.05, 3.63) is 53.7 Å². The summed E-state index contributed by atoms with van der Waals surface area (Å²) in [6.45, 7) is 6.18. The summed E-state index contributed by atoms with van der Waals surface area (Å²) in [5.74, 6) is 0.143. The molecule has 1 aromatic carbocycles. The molecule has 1 amide bonds. The summed E-state index contributed by atoms with van der Waals surface area (Å²) >= 11 is 0. The summed E-state index contributed by atoms with van der Waals surface area (Å²) in [5.41, 5.74) is 1.21. The molecule has 27 heavy (non-hydrogen) atoms. The van der Waals surface area contributed by atoms with Crippen LogP contribution in [0.4, 0.5) is 5.82 Å². The van der Waals surface area contributed by atoms with Gasteiger partial charge in [0.15, 0.2) is 0 Å². The molecule has 7 nitrogen and oxygen atoms in total. The number of hydrogen-bond acceptors (Lipinski definition) is 5. The Morgan fingerprint density at radius 1 is 1.15 bits per heavy atom. The molecule has 0 spiro atoms. The minimum atomic E-state index is -3.63. The van der Waals surface area contributed by atoms with E-state index < -0.39 is 10.0 Å². The maximum Gasteiger partial charge on any atom is 0.256 e. The van der Waals surface area contributed by atoms with Crippen molar-refractivity contribution in [3.8, 4) is 0 Å². The molecule has 0 bridgehead atoms. The van der Waals surface area contributed by atoms with Gasteiger partial charge in [-0.1, -0.05) is 6.07 Å². The normalized spacial score (nSPS) is 21.0. The molecule has 3 rings (SSSR count). The van der Waals surface area contributed by atoms with Crippen molar-refractivity contribution in [2.45, 2.75) is 37.9 Å². The fourth-order valence-electron chi connectivity index (χ4n) is 3.05. The Morgan fingerprint density at radius 3 is 2.37 bits per heavy atom. The summed E-state index contributed by atoms with van der Waals surface area (Å²) in [7, 11) is -3.63. The Morgan fingerprint density at radius 2 is 1.78 bits per heavy atom. The molecule has 0 saturated carbocycles. The first-order valence-electron chi connectivity index (χ1n) is 8.76. The number of carbonyl (C=O) groups excluding carboxylic acids is 1. The van der Waals surface area contributed by atoms with Crippen LogP contribution in [0.5, 0.6) is 0 Å². The monoisotopic (exact) mass is 389 g/mol. The van der Waals surface area contributed by atoms with E-state index in [0.29, 0.717) is 24.5 Å². The second-order valence-electron chi connectivity index (χ2n) is 6.73. The van der Waals surface area contributed by atoms with Gasteiger partial charge in [-0.05, 0) is 56.7 Å². The average molecular weight is 389 g/mol. The summed E-state index contributed by atoms with van der Waals surface area (Å²) in [6, 6.07) is 9.57. The third-order valence-electron chi connectivity index (χ3n) is 4.38. The molecule has 1 saturated heterocycles. The number of carbonyl (C=O) groups is 1. The zero-order valence-corrected chi connectivity index (χ0v) is 16.4. The van der Waals surface area contributed by atoms with Crippen LogP contribution in [0.25, 0.3) is 0 Å². The highest BCUT2D eigenvalue weighted by molar-refractivity contribution is 7.89. The Hall–Kier alpha value is -2.29. The summed E-state index contributed by atoms with van der Waals surface area (Å²) in [4.78, 5) is 16.7. The lowest BCUT2D eigenvalue weighted by molar-refractivity contribution is -0.0440. The first kappa shape index (κ1) is 19.5. The van der Waals surface area contributed by atoms with E-state index in [-0.39, 0.29) is 23.0 Å². The number of hydrogen-bond donors (Lipinski definition) is 1. The largest absolute Gasteiger partial charge is 0.373 e. The maximum atomic E-state index is 12.9. The Labute approximate surface area is 159 Å². The van der Waals surface area contributed by atoms with E-state index in [0.717, 1.165) is 5.56 Å². The van der Waals surface area contributed by atoms with Crippen LogP contribution in [-0.4, -0.2) is 48.9 Å². The van der Waals surface area contributed by atoms with Crippen LogP contribution in [0, 0.1) is 6.92 Å². The van der Waals surface area contributed by atoms with E-state index >= 15 is 0 Å². The van der Waals surface area contributed by atoms with Gasteiger partial charge in [-0.3, -0.25) is 4.79 Å². The van der Waals surface area contributed by atoms with Gasteiger partial charge in [-0.2, -0.15) is 4.31 Å². The van der Waals surface area contributed by atoms with Gasteiger partial charge < -0.3 is 10.1 Å². The number of ether oxygens (including phenoxy) is 1. The number of pyridine rings is 1. The van der Waals surface area contributed by atoms with E-state index in [9.17, 15) is 13.2 Å². The Bertz CT molecular complexity index is 918. The van der Waals surface area contributed by atoms with Crippen molar-refractivity contribution in [1.29, 1.82) is 0 Å². The van der Waals surface area contributed by atoms with E-state index in [1.807, 2.05) is 26.8 Å². The van der Waals surface area contributed by atoms with Gasteiger partial charge in [-0.25, -0.2) is 13.4 Å². The molecule has 8 heteroatoms. The van der Waals surface area contributed by atoms with Gasteiger partial charge in [0.05, 0.1) is 17.1 Å². The second-order valence-corrected chi connectivity index (χ2v) is 8.66. The van der Waals surface area contributed by atoms with E-state index in [2.05, 4.69) is 10.3 Å². The Balaban J connectivity index is 1.76. The minimum absolute atomic E-state index is 0.157. The topological polar surface area (TPSA) is 88.6 Å². The van der Waals surface area contributed by atoms with Crippen LogP contribution < -0.4 is 5.32 Å². The number of rotatable bonds is 4. The number of amides is 1. The third-order valence-corrected chi connectivity index (χ3v) is 6.23. The highest BCUT2D eigenvalue weighted by atomic mass is 32.2. The van der Waals surface area contributed by atoms with E-state index in [1.165, 1.54) is 28.6 Å². The second kappa shape index (κ2) is 7.75. The highest BCUT2D eigenvalue weighted by Gasteiger charge is 2.32. The highest BCUT2D eigenvalue weighted by Crippen LogP contribution is 2.22. The molecule has 144 valence electrons. The molecule has 2 aromatic rings. The van der Waals surface area contributed by atoms with Gasteiger partial charge in [0, 0.05) is 24.8 Å². The average Bonchev–Trinajstić information content (AvgIpc) is 2.63. The first-order valence-corrected chi connectivity index (χ1v) is 10.2. The maximum absolute atomic E-state index is 12.9. The number of benzene rings is 1. The summed E-state index contributed by atoms with van der Waals surface area (Å²) < 4.78 is 32.7. The number of morpholine rings is 1. The lowest BCUT2D eigenvalue weighted by atomic mass is 10.2. The van der Waals surface area contributed by atoms with Crippen molar-refractivity contribution in [2.75, 3.05) is 18.4 Å².